The smallest absolute Gasteiger partial charge is 0.408 e. The largest absolute Gasteiger partial charge is 0.465 e. The lowest BCUT2D eigenvalue weighted by molar-refractivity contribution is -0.173. The van der Waals surface area contributed by atoms with Crippen molar-refractivity contribution in [2.75, 3.05) is 20.7 Å². The monoisotopic (exact) mass is 218 g/mol. The van der Waals surface area contributed by atoms with Gasteiger partial charge in [0.05, 0.1) is 19.8 Å². The molecule has 15 heavy (non-hydrogen) atoms. The number of carbonyl (C=O) groups is 2. The molecule has 0 aromatic heterocycles. The zero-order valence-corrected chi connectivity index (χ0v) is 8.58. The van der Waals surface area contributed by atoms with E-state index in [1.165, 1.54) is 14.2 Å². The van der Waals surface area contributed by atoms with E-state index in [2.05, 4.69) is 4.84 Å². The number of nitrogens with zero attached hydrogens (tertiary/aromatic N) is 2. The van der Waals surface area contributed by atoms with Crippen molar-refractivity contribution >= 4 is 12.0 Å². The Bertz CT molecular complexity index is 270. The number of carbonyl (C=O) groups excluding carboxylic acids is 1. The number of hydrogen-bond donors (Lipinski definition) is 2. The van der Waals surface area contributed by atoms with Crippen molar-refractivity contribution in [1.29, 1.82) is 0 Å². The summed E-state index contributed by atoms with van der Waals surface area (Å²) in [6.07, 6.45) is -1.89. The van der Waals surface area contributed by atoms with E-state index in [1.54, 1.807) is 0 Å². The second kappa shape index (κ2) is 4.45. The first-order valence-corrected chi connectivity index (χ1v) is 4.46. The Morgan fingerprint density at radius 1 is 1.53 bits per heavy atom. The van der Waals surface area contributed by atoms with Gasteiger partial charge in [0.25, 0.3) is 5.91 Å². The minimum atomic E-state index is -1.21. The number of hydrogen-bond acceptors (Lipinski definition) is 4. The van der Waals surface area contributed by atoms with Crippen LogP contribution in [0.25, 0.3) is 0 Å². The van der Waals surface area contributed by atoms with Crippen LogP contribution in [0.1, 0.15) is 6.42 Å². The standard InChI is InChI=1S/C8H14N2O5/c1-9(15-2)7(12)6-3-5(11)4-10(6)8(13)14/h5-6,11H,3-4H2,1-2H3,(H,13,14)/t5-,6+/m1/s1. The number of hydroxylamine groups is 2. The van der Waals surface area contributed by atoms with E-state index in [9.17, 15) is 14.7 Å². The molecule has 0 aromatic rings. The number of aliphatic hydroxyl groups excluding tert-OH is 1. The average Bonchev–Trinajstić information content (AvgIpc) is 2.58. The molecule has 1 fully saturated rings. The first-order chi connectivity index (χ1) is 6.97. The molecule has 1 saturated heterocycles. The molecule has 2 N–H and O–H groups in total. The third-order valence-electron chi connectivity index (χ3n) is 2.39. The van der Waals surface area contributed by atoms with Crippen molar-refractivity contribution < 1.29 is 24.6 Å². The fraction of sp³-hybridized carbons (Fsp3) is 0.750. The molecular weight excluding hydrogens is 204 g/mol. The highest BCUT2D eigenvalue weighted by atomic mass is 16.7. The van der Waals surface area contributed by atoms with Gasteiger partial charge in [-0.25, -0.2) is 9.86 Å². The molecule has 0 aromatic carbocycles. The van der Waals surface area contributed by atoms with E-state index in [0.717, 1.165) is 9.96 Å². The van der Waals surface area contributed by atoms with Gasteiger partial charge in [0, 0.05) is 13.5 Å². The van der Waals surface area contributed by atoms with Crippen molar-refractivity contribution in [1.82, 2.24) is 9.96 Å². The van der Waals surface area contributed by atoms with Crippen LogP contribution in [-0.4, -0.2) is 65.0 Å². The third kappa shape index (κ3) is 2.37. The van der Waals surface area contributed by atoms with Crippen LogP contribution in [0.5, 0.6) is 0 Å². The highest BCUT2D eigenvalue weighted by Gasteiger charge is 2.40. The van der Waals surface area contributed by atoms with Gasteiger partial charge in [-0.05, 0) is 0 Å². The Balaban J connectivity index is 2.75. The normalized spacial score (nSPS) is 25.4. The minimum Gasteiger partial charge on any atom is -0.465 e. The van der Waals surface area contributed by atoms with E-state index < -0.39 is 24.1 Å². The van der Waals surface area contributed by atoms with Crippen LogP contribution in [0, 0.1) is 0 Å². The molecule has 2 atom stereocenters. The summed E-state index contributed by atoms with van der Waals surface area (Å²) in [5.74, 6) is -0.476. The lowest BCUT2D eigenvalue weighted by Crippen LogP contribution is -2.45. The molecular formula is C8H14N2O5. The Labute approximate surface area is 86.8 Å². The van der Waals surface area contributed by atoms with Gasteiger partial charge in [0.1, 0.15) is 6.04 Å². The second-order valence-electron chi connectivity index (χ2n) is 3.36. The van der Waals surface area contributed by atoms with Crippen LogP contribution in [0.3, 0.4) is 0 Å². The van der Waals surface area contributed by atoms with Gasteiger partial charge in [-0.3, -0.25) is 14.5 Å². The summed E-state index contributed by atoms with van der Waals surface area (Å²) in [6, 6.07) is -0.859. The molecule has 7 heteroatoms. The van der Waals surface area contributed by atoms with Gasteiger partial charge in [0.15, 0.2) is 0 Å². The van der Waals surface area contributed by atoms with Crippen LogP contribution in [0.15, 0.2) is 0 Å². The molecule has 0 radical (unpaired) electrons. The predicted octanol–water partition coefficient (Wildman–Crippen LogP) is -0.881. The zero-order chi connectivity index (χ0) is 11.6. The molecule has 0 spiro atoms. The van der Waals surface area contributed by atoms with Crippen molar-refractivity contribution in [2.45, 2.75) is 18.6 Å². The van der Waals surface area contributed by atoms with Gasteiger partial charge in [-0.15, -0.1) is 0 Å². The molecule has 0 saturated carbocycles. The van der Waals surface area contributed by atoms with Crippen LogP contribution in [-0.2, 0) is 9.63 Å². The molecule has 1 heterocycles. The topological polar surface area (TPSA) is 90.3 Å². The van der Waals surface area contributed by atoms with Crippen molar-refractivity contribution in [3.05, 3.63) is 0 Å². The summed E-state index contributed by atoms with van der Waals surface area (Å²) >= 11 is 0. The summed E-state index contributed by atoms with van der Waals surface area (Å²) in [6.45, 7) is -0.0384. The summed E-state index contributed by atoms with van der Waals surface area (Å²) < 4.78 is 0. The highest BCUT2D eigenvalue weighted by molar-refractivity contribution is 5.85. The molecule has 0 aliphatic carbocycles. The Morgan fingerprint density at radius 2 is 2.13 bits per heavy atom. The van der Waals surface area contributed by atoms with E-state index in [1.807, 2.05) is 0 Å². The summed E-state index contributed by atoms with van der Waals surface area (Å²) in [4.78, 5) is 28.0. The number of likely N-dealkylation sites (N-methyl/N-ethyl adjacent to an activating group) is 1. The molecule has 1 aliphatic rings. The minimum absolute atomic E-state index is 0.0384. The van der Waals surface area contributed by atoms with Crippen LogP contribution in [0.2, 0.25) is 0 Å². The third-order valence-corrected chi connectivity index (χ3v) is 2.39. The maximum absolute atomic E-state index is 11.6. The van der Waals surface area contributed by atoms with E-state index >= 15 is 0 Å². The van der Waals surface area contributed by atoms with Crippen LogP contribution >= 0.6 is 0 Å². The fourth-order valence-electron chi connectivity index (χ4n) is 1.56. The summed E-state index contributed by atoms with van der Waals surface area (Å²) in [5.41, 5.74) is 0. The van der Waals surface area contributed by atoms with Crippen molar-refractivity contribution in [3.8, 4) is 0 Å². The maximum Gasteiger partial charge on any atom is 0.408 e. The molecule has 0 bridgehead atoms. The summed E-state index contributed by atoms with van der Waals surface area (Å²) in [5, 5.41) is 19.1. The van der Waals surface area contributed by atoms with Gasteiger partial charge in [0.2, 0.25) is 0 Å². The lowest BCUT2D eigenvalue weighted by Gasteiger charge is -2.23. The Hall–Kier alpha value is -1.34. The van der Waals surface area contributed by atoms with Gasteiger partial charge in [-0.2, -0.15) is 0 Å². The number of β-amino-alcohol motifs (C(OH)–C–C–N with tert-alkyl or cyclic N) is 1. The highest BCUT2D eigenvalue weighted by Crippen LogP contribution is 2.19. The molecule has 1 aliphatic heterocycles. The lowest BCUT2D eigenvalue weighted by atomic mass is 10.2. The van der Waals surface area contributed by atoms with Gasteiger partial charge < -0.3 is 10.2 Å². The Kier molecular flexibility index (Phi) is 3.48. The molecule has 86 valence electrons. The zero-order valence-electron chi connectivity index (χ0n) is 8.58. The number of aliphatic hydroxyl groups is 1. The van der Waals surface area contributed by atoms with E-state index in [0.29, 0.717) is 0 Å². The summed E-state index contributed by atoms with van der Waals surface area (Å²) in [7, 11) is 2.71. The first-order valence-electron chi connectivity index (χ1n) is 4.46. The second-order valence-corrected chi connectivity index (χ2v) is 3.36. The van der Waals surface area contributed by atoms with Crippen molar-refractivity contribution in [3.63, 3.8) is 0 Å². The fourth-order valence-corrected chi connectivity index (χ4v) is 1.56. The van der Waals surface area contributed by atoms with Crippen LogP contribution < -0.4 is 0 Å². The average molecular weight is 218 g/mol. The number of likely N-dealkylation sites (tertiary alicyclic amines) is 1. The van der Waals surface area contributed by atoms with Gasteiger partial charge in [-0.1, -0.05) is 0 Å². The van der Waals surface area contributed by atoms with E-state index in [4.69, 9.17) is 5.11 Å². The quantitative estimate of drug-likeness (QED) is 0.587. The molecule has 1 rings (SSSR count). The first kappa shape index (κ1) is 11.7. The van der Waals surface area contributed by atoms with Crippen molar-refractivity contribution in [2.24, 2.45) is 0 Å². The van der Waals surface area contributed by atoms with Gasteiger partial charge >= 0.3 is 6.09 Å². The SMILES string of the molecule is CON(C)C(=O)[C@@H]1C[C@@H](O)CN1C(=O)O. The van der Waals surface area contributed by atoms with E-state index in [-0.39, 0.29) is 13.0 Å². The maximum atomic E-state index is 11.6. The molecule has 2 amide bonds. The number of amides is 2. The Morgan fingerprint density at radius 3 is 2.60 bits per heavy atom. The predicted molar refractivity (Wildman–Crippen MR) is 48.9 cm³/mol. The van der Waals surface area contributed by atoms with Crippen LogP contribution in [0.4, 0.5) is 4.79 Å². The molecule has 0 unspecified atom stereocenters. The molecule has 7 nitrogen and oxygen atoms in total. The number of carboxylic acid groups (broad SMARTS) is 1. The number of rotatable bonds is 2.